The zero-order valence-corrected chi connectivity index (χ0v) is 14.8. The van der Waals surface area contributed by atoms with Gasteiger partial charge >= 0.3 is 6.18 Å². The van der Waals surface area contributed by atoms with Crippen LogP contribution in [0, 0.1) is 0 Å². The van der Waals surface area contributed by atoms with Crippen LogP contribution in [-0.4, -0.2) is 24.3 Å². The van der Waals surface area contributed by atoms with Gasteiger partial charge in [-0.1, -0.05) is 12.1 Å². The van der Waals surface area contributed by atoms with Crippen LogP contribution in [0.3, 0.4) is 0 Å². The maximum atomic E-state index is 12.8. The predicted molar refractivity (Wildman–Crippen MR) is 95.2 cm³/mol. The summed E-state index contributed by atoms with van der Waals surface area (Å²) in [5.41, 5.74) is -0.775. The highest BCUT2D eigenvalue weighted by molar-refractivity contribution is 7.92. The number of nitrogens with zero attached hydrogens (tertiary/aromatic N) is 1. The van der Waals surface area contributed by atoms with Gasteiger partial charge in [0.2, 0.25) is 0 Å². The van der Waals surface area contributed by atoms with Gasteiger partial charge in [-0.25, -0.2) is 4.98 Å². The number of imidazole rings is 1. The van der Waals surface area contributed by atoms with Crippen molar-refractivity contribution < 1.29 is 26.4 Å². The van der Waals surface area contributed by atoms with Crippen molar-refractivity contribution in [1.82, 2.24) is 9.97 Å². The van der Waals surface area contributed by atoms with Crippen LogP contribution in [-0.2, 0) is 16.2 Å². The Bertz CT molecular complexity index is 1100. The summed E-state index contributed by atoms with van der Waals surface area (Å²) in [5, 5.41) is 2.20. The number of carbonyl (C=O) groups is 1. The number of nitrogens with one attached hydrogen (secondary N) is 3. The Morgan fingerprint density at radius 3 is 2.43 bits per heavy atom. The smallest absolute Gasteiger partial charge is 0.334 e. The Balaban J connectivity index is 1.78. The van der Waals surface area contributed by atoms with Crippen LogP contribution >= 0.6 is 0 Å². The predicted octanol–water partition coefficient (Wildman–Crippen LogP) is 3.48. The van der Waals surface area contributed by atoms with Crippen molar-refractivity contribution >= 4 is 27.3 Å². The molecule has 0 aliphatic carbocycles. The number of sulfonamides is 1. The lowest BCUT2D eigenvalue weighted by atomic mass is 10.1. The SMILES string of the molecule is O=C(Nc1cccc(C(F)(F)F)c1)c1cccc(NS(=O)(=O)c2cnc[nH]2)c1. The average Bonchev–Trinajstić information content (AvgIpc) is 3.17. The molecule has 0 spiro atoms. The number of anilines is 2. The zero-order chi connectivity index (χ0) is 20.4. The van der Waals surface area contributed by atoms with Crippen molar-refractivity contribution in [2.75, 3.05) is 10.0 Å². The molecule has 0 saturated carbocycles. The van der Waals surface area contributed by atoms with E-state index in [1.807, 2.05) is 0 Å². The molecule has 3 aromatic rings. The molecule has 0 bridgehead atoms. The molecule has 3 N–H and O–H groups in total. The summed E-state index contributed by atoms with van der Waals surface area (Å²) in [7, 11) is -3.92. The highest BCUT2D eigenvalue weighted by Crippen LogP contribution is 2.30. The number of H-pyrrole nitrogens is 1. The first-order chi connectivity index (χ1) is 13.1. The molecule has 2 aromatic carbocycles. The summed E-state index contributed by atoms with van der Waals surface area (Å²) in [5.74, 6) is -0.693. The van der Waals surface area contributed by atoms with Crippen molar-refractivity contribution in [1.29, 1.82) is 0 Å². The second-order valence-corrected chi connectivity index (χ2v) is 7.29. The molecule has 28 heavy (non-hydrogen) atoms. The summed E-state index contributed by atoms with van der Waals surface area (Å²) < 4.78 is 64.9. The number of carbonyl (C=O) groups excluding carboxylic acids is 1. The van der Waals surface area contributed by atoms with E-state index >= 15 is 0 Å². The Kier molecular flexibility index (Phi) is 5.10. The number of alkyl halides is 3. The van der Waals surface area contributed by atoms with E-state index in [4.69, 9.17) is 0 Å². The Morgan fingerprint density at radius 2 is 1.75 bits per heavy atom. The molecule has 146 valence electrons. The third-order valence-electron chi connectivity index (χ3n) is 3.59. The second-order valence-electron chi connectivity index (χ2n) is 5.63. The fraction of sp³-hybridized carbons (Fsp3) is 0.0588. The lowest BCUT2D eigenvalue weighted by Crippen LogP contribution is -2.15. The van der Waals surface area contributed by atoms with Gasteiger partial charge in [0.1, 0.15) is 0 Å². The van der Waals surface area contributed by atoms with Crippen LogP contribution in [0.1, 0.15) is 15.9 Å². The van der Waals surface area contributed by atoms with E-state index in [-0.39, 0.29) is 22.0 Å². The number of hydrogen-bond donors (Lipinski definition) is 3. The average molecular weight is 410 g/mol. The molecule has 0 fully saturated rings. The minimum atomic E-state index is -4.54. The summed E-state index contributed by atoms with van der Waals surface area (Å²) >= 11 is 0. The minimum absolute atomic E-state index is 0.0386. The summed E-state index contributed by atoms with van der Waals surface area (Å²) in [6.45, 7) is 0. The highest BCUT2D eigenvalue weighted by atomic mass is 32.2. The fourth-order valence-corrected chi connectivity index (χ4v) is 3.26. The van der Waals surface area contributed by atoms with Gasteiger partial charge in [-0.2, -0.15) is 21.6 Å². The van der Waals surface area contributed by atoms with Crippen LogP contribution in [0.4, 0.5) is 24.5 Å². The molecule has 0 atom stereocenters. The molecule has 0 saturated heterocycles. The number of hydrogen-bond acceptors (Lipinski definition) is 4. The molecule has 0 radical (unpaired) electrons. The highest BCUT2D eigenvalue weighted by Gasteiger charge is 2.30. The maximum absolute atomic E-state index is 12.8. The lowest BCUT2D eigenvalue weighted by Gasteiger charge is -2.11. The quantitative estimate of drug-likeness (QED) is 0.599. The van der Waals surface area contributed by atoms with Crippen molar-refractivity contribution in [2.45, 2.75) is 11.2 Å². The molecule has 0 aliphatic heterocycles. The largest absolute Gasteiger partial charge is 0.416 e. The zero-order valence-electron chi connectivity index (χ0n) is 14.0. The molecule has 11 heteroatoms. The third-order valence-corrected chi connectivity index (χ3v) is 4.89. The van der Waals surface area contributed by atoms with E-state index in [1.54, 1.807) is 0 Å². The van der Waals surface area contributed by atoms with Gasteiger partial charge in [0.15, 0.2) is 5.03 Å². The van der Waals surface area contributed by atoms with E-state index < -0.39 is 27.7 Å². The fourth-order valence-electron chi connectivity index (χ4n) is 2.30. The molecular weight excluding hydrogens is 397 g/mol. The molecular formula is C17H13F3N4O3S. The standard InChI is InChI=1S/C17H13F3N4O3S/c18-17(19,20)12-4-2-5-13(8-12)23-16(25)11-3-1-6-14(7-11)24-28(26,27)15-9-21-10-22-15/h1-10,24H,(H,21,22)(H,23,25). The number of amides is 1. The van der Waals surface area contributed by atoms with Gasteiger partial charge < -0.3 is 10.3 Å². The van der Waals surface area contributed by atoms with Gasteiger partial charge in [-0.15, -0.1) is 0 Å². The summed E-state index contributed by atoms with van der Waals surface area (Å²) in [6, 6.07) is 9.71. The molecule has 1 amide bonds. The normalized spacial score (nSPS) is 11.8. The van der Waals surface area contributed by atoms with E-state index in [1.165, 1.54) is 42.7 Å². The first-order valence-electron chi connectivity index (χ1n) is 7.75. The van der Waals surface area contributed by atoms with Crippen LogP contribution in [0.5, 0.6) is 0 Å². The molecule has 1 heterocycles. The van der Waals surface area contributed by atoms with E-state index in [9.17, 15) is 26.4 Å². The van der Waals surface area contributed by atoms with E-state index in [2.05, 4.69) is 20.0 Å². The lowest BCUT2D eigenvalue weighted by molar-refractivity contribution is -0.137. The maximum Gasteiger partial charge on any atom is 0.416 e. The summed E-state index contributed by atoms with van der Waals surface area (Å²) in [4.78, 5) is 18.4. The number of aromatic amines is 1. The van der Waals surface area contributed by atoms with Crippen molar-refractivity contribution in [2.24, 2.45) is 0 Å². The Labute approximate surface area is 157 Å². The number of halogens is 3. The van der Waals surface area contributed by atoms with Crippen molar-refractivity contribution in [3.63, 3.8) is 0 Å². The minimum Gasteiger partial charge on any atom is -0.334 e. The van der Waals surface area contributed by atoms with Crippen molar-refractivity contribution in [3.8, 4) is 0 Å². The number of aromatic nitrogens is 2. The number of rotatable bonds is 5. The monoisotopic (exact) mass is 410 g/mol. The van der Waals surface area contributed by atoms with Gasteiger partial charge in [0, 0.05) is 16.9 Å². The molecule has 1 aromatic heterocycles. The first-order valence-corrected chi connectivity index (χ1v) is 9.23. The Hall–Kier alpha value is -3.34. The van der Waals surface area contributed by atoms with Crippen molar-refractivity contribution in [3.05, 3.63) is 72.2 Å². The van der Waals surface area contributed by atoms with Crippen LogP contribution in [0.25, 0.3) is 0 Å². The Morgan fingerprint density at radius 1 is 1.04 bits per heavy atom. The molecule has 7 nitrogen and oxygen atoms in total. The first kappa shape index (κ1) is 19.4. The van der Waals surface area contributed by atoms with Gasteiger partial charge in [0.05, 0.1) is 18.1 Å². The molecule has 0 unspecified atom stereocenters. The topological polar surface area (TPSA) is 104 Å². The van der Waals surface area contributed by atoms with E-state index in [0.717, 1.165) is 18.3 Å². The van der Waals surface area contributed by atoms with Crippen LogP contribution < -0.4 is 10.0 Å². The van der Waals surface area contributed by atoms with Gasteiger partial charge in [-0.05, 0) is 36.4 Å². The molecule has 3 rings (SSSR count). The number of benzene rings is 2. The van der Waals surface area contributed by atoms with Crippen LogP contribution in [0.2, 0.25) is 0 Å². The van der Waals surface area contributed by atoms with Gasteiger partial charge in [-0.3, -0.25) is 9.52 Å². The summed E-state index contributed by atoms with van der Waals surface area (Å²) in [6.07, 6.45) is -2.22. The second kappa shape index (κ2) is 7.35. The third kappa shape index (κ3) is 4.49. The van der Waals surface area contributed by atoms with E-state index in [0.29, 0.717) is 0 Å². The van der Waals surface area contributed by atoms with Crippen LogP contribution in [0.15, 0.2) is 66.1 Å². The van der Waals surface area contributed by atoms with Gasteiger partial charge in [0.25, 0.3) is 15.9 Å². The molecule has 0 aliphatic rings.